The Morgan fingerprint density at radius 2 is 2.15 bits per heavy atom. The number of rotatable bonds is 5. The number of hydrogen-bond acceptors (Lipinski definition) is 5. The molecular weight excluding hydrogens is 292 g/mol. The van der Waals surface area contributed by atoms with Crippen LogP contribution in [0.3, 0.4) is 0 Å². The molecule has 0 bridgehead atoms. The number of anilines is 1. The molecule has 6 heteroatoms. The van der Waals surface area contributed by atoms with E-state index in [1.165, 1.54) is 30.8 Å². The number of likely N-dealkylation sites (tertiary alicyclic amines) is 1. The largest absolute Gasteiger partial charge is 0.368 e. The molecule has 0 aliphatic carbocycles. The molecule has 1 aliphatic rings. The Morgan fingerprint density at radius 1 is 1.35 bits per heavy atom. The maximum atomic E-state index is 6.02. The van der Waals surface area contributed by atoms with E-state index in [1.54, 1.807) is 11.3 Å². The summed E-state index contributed by atoms with van der Waals surface area (Å²) in [4.78, 5) is 13.4. The van der Waals surface area contributed by atoms with E-state index in [1.807, 2.05) is 0 Å². The zero-order valence-electron chi connectivity index (χ0n) is 11.7. The average Bonchev–Trinajstić information content (AvgIpc) is 3.06. The highest BCUT2D eigenvalue weighted by atomic mass is 35.5. The van der Waals surface area contributed by atoms with Gasteiger partial charge in [-0.3, -0.25) is 0 Å². The van der Waals surface area contributed by atoms with Gasteiger partial charge in [0.1, 0.15) is 10.6 Å². The lowest BCUT2D eigenvalue weighted by molar-refractivity contribution is 0.352. The molecule has 0 atom stereocenters. The van der Waals surface area contributed by atoms with Crippen LogP contribution in [0.2, 0.25) is 5.28 Å². The van der Waals surface area contributed by atoms with Gasteiger partial charge in [-0.2, -0.15) is 0 Å². The summed E-state index contributed by atoms with van der Waals surface area (Å²) in [5, 5.41) is 4.84. The van der Waals surface area contributed by atoms with Crippen LogP contribution in [0.15, 0.2) is 6.07 Å². The first kappa shape index (κ1) is 14.0. The van der Waals surface area contributed by atoms with Crippen molar-refractivity contribution in [3.05, 3.63) is 16.2 Å². The molecular formula is C14H19ClN4S. The van der Waals surface area contributed by atoms with Gasteiger partial charge >= 0.3 is 0 Å². The summed E-state index contributed by atoms with van der Waals surface area (Å²) in [5.41, 5.74) is 0. The van der Waals surface area contributed by atoms with Crippen LogP contribution in [-0.4, -0.2) is 41.0 Å². The molecule has 3 heterocycles. The van der Waals surface area contributed by atoms with E-state index in [4.69, 9.17) is 11.6 Å². The summed E-state index contributed by atoms with van der Waals surface area (Å²) in [6.45, 7) is 6.56. The standard InChI is InChI=1S/C14H19ClN4S/c1-2-10-9-11-12(17-14(15)18-13(11)20-10)16-5-8-19-6-3-4-7-19/h9H,2-8H2,1H3,(H,16,17,18). The van der Waals surface area contributed by atoms with Gasteiger partial charge in [-0.25, -0.2) is 9.97 Å². The number of halogens is 1. The van der Waals surface area contributed by atoms with Crippen molar-refractivity contribution in [2.45, 2.75) is 26.2 Å². The smallest absolute Gasteiger partial charge is 0.225 e. The highest BCUT2D eigenvalue weighted by Gasteiger charge is 2.13. The number of aryl methyl sites for hydroxylation is 1. The highest BCUT2D eigenvalue weighted by molar-refractivity contribution is 7.18. The summed E-state index contributed by atoms with van der Waals surface area (Å²) in [6, 6.07) is 2.18. The normalized spacial score (nSPS) is 16.1. The Morgan fingerprint density at radius 3 is 2.90 bits per heavy atom. The third-order valence-electron chi connectivity index (χ3n) is 3.68. The lowest BCUT2D eigenvalue weighted by Crippen LogP contribution is -2.26. The van der Waals surface area contributed by atoms with Crippen molar-refractivity contribution in [3.8, 4) is 0 Å². The summed E-state index contributed by atoms with van der Waals surface area (Å²) in [6.07, 6.45) is 3.67. The minimum absolute atomic E-state index is 0.325. The molecule has 3 rings (SSSR count). The molecule has 0 saturated carbocycles. The van der Waals surface area contributed by atoms with E-state index in [0.717, 1.165) is 35.5 Å². The van der Waals surface area contributed by atoms with Crippen molar-refractivity contribution in [2.24, 2.45) is 0 Å². The molecule has 1 saturated heterocycles. The first-order valence-electron chi connectivity index (χ1n) is 7.18. The molecule has 1 fully saturated rings. The molecule has 0 radical (unpaired) electrons. The Balaban J connectivity index is 1.73. The lowest BCUT2D eigenvalue weighted by atomic mass is 10.3. The lowest BCUT2D eigenvalue weighted by Gasteiger charge is -2.15. The van der Waals surface area contributed by atoms with Crippen LogP contribution in [0, 0.1) is 0 Å². The van der Waals surface area contributed by atoms with E-state index in [2.05, 4.69) is 33.2 Å². The molecule has 20 heavy (non-hydrogen) atoms. The van der Waals surface area contributed by atoms with Crippen molar-refractivity contribution >= 4 is 39.0 Å². The van der Waals surface area contributed by atoms with Crippen molar-refractivity contribution < 1.29 is 0 Å². The monoisotopic (exact) mass is 310 g/mol. The fraction of sp³-hybridized carbons (Fsp3) is 0.571. The van der Waals surface area contributed by atoms with E-state index < -0.39 is 0 Å². The van der Waals surface area contributed by atoms with Crippen LogP contribution < -0.4 is 5.32 Å². The molecule has 0 aromatic carbocycles. The first-order valence-corrected chi connectivity index (χ1v) is 8.38. The Bertz CT molecular complexity index is 592. The molecule has 2 aromatic heterocycles. The van der Waals surface area contributed by atoms with Gasteiger partial charge in [-0.05, 0) is 50.0 Å². The van der Waals surface area contributed by atoms with Crippen molar-refractivity contribution in [1.29, 1.82) is 0 Å². The fourth-order valence-electron chi connectivity index (χ4n) is 2.59. The van der Waals surface area contributed by atoms with Gasteiger partial charge in [0.15, 0.2) is 0 Å². The highest BCUT2D eigenvalue weighted by Crippen LogP contribution is 2.30. The van der Waals surface area contributed by atoms with E-state index in [9.17, 15) is 0 Å². The molecule has 0 unspecified atom stereocenters. The Hall–Kier alpha value is -0.910. The average molecular weight is 311 g/mol. The second kappa shape index (κ2) is 6.24. The number of thiophene rings is 1. The first-order chi connectivity index (χ1) is 9.76. The third-order valence-corrected chi connectivity index (χ3v) is 5.03. The number of hydrogen-bond donors (Lipinski definition) is 1. The van der Waals surface area contributed by atoms with Crippen molar-refractivity contribution in [2.75, 3.05) is 31.5 Å². The second-order valence-electron chi connectivity index (χ2n) is 5.10. The number of nitrogens with zero attached hydrogens (tertiary/aromatic N) is 3. The van der Waals surface area contributed by atoms with E-state index in [0.29, 0.717) is 5.28 Å². The maximum Gasteiger partial charge on any atom is 0.225 e. The summed E-state index contributed by atoms with van der Waals surface area (Å²) < 4.78 is 0. The zero-order valence-corrected chi connectivity index (χ0v) is 13.2. The Kier molecular flexibility index (Phi) is 4.38. The molecule has 0 amide bonds. The number of aromatic nitrogens is 2. The minimum atomic E-state index is 0.325. The van der Waals surface area contributed by atoms with Gasteiger partial charge in [-0.15, -0.1) is 11.3 Å². The van der Waals surface area contributed by atoms with Crippen molar-refractivity contribution in [3.63, 3.8) is 0 Å². The SMILES string of the molecule is CCc1cc2c(NCCN3CCCC3)nc(Cl)nc2s1. The zero-order chi connectivity index (χ0) is 13.9. The van der Waals surface area contributed by atoms with Crippen LogP contribution in [0.1, 0.15) is 24.6 Å². The van der Waals surface area contributed by atoms with Crippen LogP contribution in [0.4, 0.5) is 5.82 Å². The van der Waals surface area contributed by atoms with E-state index in [-0.39, 0.29) is 0 Å². The van der Waals surface area contributed by atoms with Gasteiger partial charge in [0.05, 0.1) is 5.39 Å². The summed E-state index contributed by atoms with van der Waals surface area (Å²) in [7, 11) is 0. The summed E-state index contributed by atoms with van der Waals surface area (Å²) >= 11 is 7.71. The summed E-state index contributed by atoms with van der Waals surface area (Å²) in [5.74, 6) is 0.871. The van der Waals surface area contributed by atoms with Crippen LogP contribution >= 0.6 is 22.9 Å². The topological polar surface area (TPSA) is 41.0 Å². The van der Waals surface area contributed by atoms with Gasteiger partial charge in [0.25, 0.3) is 0 Å². The van der Waals surface area contributed by atoms with Crippen LogP contribution in [-0.2, 0) is 6.42 Å². The van der Waals surface area contributed by atoms with Gasteiger partial charge < -0.3 is 10.2 Å². The van der Waals surface area contributed by atoms with Crippen LogP contribution in [0.5, 0.6) is 0 Å². The minimum Gasteiger partial charge on any atom is -0.368 e. The maximum absolute atomic E-state index is 6.02. The van der Waals surface area contributed by atoms with Crippen LogP contribution in [0.25, 0.3) is 10.2 Å². The molecule has 2 aromatic rings. The fourth-order valence-corrected chi connectivity index (χ4v) is 3.78. The van der Waals surface area contributed by atoms with Crippen molar-refractivity contribution in [1.82, 2.24) is 14.9 Å². The molecule has 4 nitrogen and oxygen atoms in total. The third kappa shape index (κ3) is 3.05. The molecule has 0 spiro atoms. The predicted octanol–water partition coefficient (Wildman–Crippen LogP) is 3.41. The second-order valence-corrected chi connectivity index (χ2v) is 6.56. The molecule has 1 aliphatic heterocycles. The Labute approximate surface area is 128 Å². The van der Waals surface area contributed by atoms with E-state index >= 15 is 0 Å². The number of fused-ring (bicyclic) bond motifs is 1. The predicted molar refractivity (Wildman–Crippen MR) is 86.0 cm³/mol. The number of nitrogens with one attached hydrogen (secondary N) is 1. The van der Waals surface area contributed by atoms with Gasteiger partial charge in [0, 0.05) is 18.0 Å². The van der Waals surface area contributed by atoms with Gasteiger partial charge in [0.2, 0.25) is 5.28 Å². The quantitative estimate of drug-likeness (QED) is 0.859. The molecule has 1 N–H and O–H groups in total. The van der Waals surface area contributed by atoms with Gasteiger partial charge in [-0.1, -0.05) is 6.92 Å². The molecule has 108 valence electrons.